The van der Waals surface area contributed by atoms with Gasteiger partial charge in [-0.1, -0.05) is 18.2 Å². The molecule has 0 unspecified atom stereocenters. The van der Waals surface area contributed by atoms with Crippen molar-refractivity contribution in [2.45, 2.75) is 17.7 Å². The zero-order chi connectivity index (χ0) is 18.3. The summed E-state index contributed by atoms with van der Waals surface area (Å²) >= 11 is 0. The van der Waals surface area contributed by atoms with Crippen molar-refractivity contribution in [1.82, 2.24) is 14.2 Å². The van der Waals surface area contributed by atoms with Crippen molar-refractivity contribution in [3.63, 3.8) is 0 Å². The zero-order valence-electron chi connectivity index (χ0n) is 14.5. The molecular weight excluding hydrogens is 336 g/mol. The first-order valence-electron chi connectivity index (χ1n) is 8.03. The molecule has 1 fully saturated rings. The van der Waals surface area contributed by atoms with Gasteiger partial charge in [0.2, 0.25) is 10.0 Å². The van der Waals surface area contributed by atoms with Crippen molar-refractivity contribution in [2.24, 2.45) is 0 Å². The third kappa shape index (κ3) is 5.02. The van der Waals surface area contributed by atoms with E-state index in [9.17, 15) is 8.42 Å². The van der Waals surface area contributed by atoms with Crippen LogP contribution >= 0.6 is 0 Å². The highest BCUT2D eigenvalue weighted by molar-refractivity contribution is 7.89. The van der Waals surface area contributed by atoms with E-state index in [0.29, 0.717) is 18.0 Å². The highest BCUT2D eigenvalue weighted by Crippen LogP contribution is 2.24. The molecule has 1 aromatic carbocycles. The number of benzene rings is 1. The Hall–Kier alpha value is -2.43. The molecule has 0 amide bonds. The molecule has 0 spiro atoms. The number of sulfonamides is 1. The van der Waals surface area contributed by atoms with Crippen molar-refractivity contribution >= 4 is 10.0 Å². The van der Waals surface area contributed by atoms with E-state index >= 15 is 0 Å². The number of hydrogen-bond donors (Lipinski definition) is 0. The number of pyridine rings is 1. The lowest BCUT2D eigenvalue weighted by Gasteiger charge is -2.15. The third-order valence-corrected chi connectivity index (χ3v) is 5.66. The highest BCUT2D eigenvalue weighted by Gasteiger charge is 2.26. The summed E-state index contributed by atoms with van der Waals surface area (Å²) in [5.41, 5.74) is 1.95. The summed E-state index contributed by atoms with van der Waals surface area (Å²) < 4.78 is 26.4. The molecule has 0 saturated carbocycles. The summed E-state index contributed by atoms with van der Waals surface area (Å²) in [6.45, 7) is 1.26. The van der Waals surface area contributed by atoms with Gasteiger partial charge in [0.1, 0.15) is 0 Å². The van der Waals surface area contributed by atoms with Crippen LogP contribution in [-0.4, -0.2) is 49.8 Å². The Kier molecular flexibility index (Phi) is 6.51. The summed E-state index contributed by atoms with van der Waals surface area (Å²) in [7, 11) is 0.0689. The average Bonchev–Trinajstić information content (AvgIpc) is 3.19. The van der Waals surface area contributed by atoms with Gasteiger partial charge in [0.25, 0.3) is 0 Å². The fourth-order valence-electron chi connectivity index (χ4n) is 2.43. The molecule has 0 atom stereocenters. The summed E-state index contributed by atoms with van der Waals surface area (Å²) in [5.74, 6) is 0. The Bertz CT molecular complexity index is 806. The van der Waals surface area contributed by atoms with Gasteiger partial charge in [-0.3, -0.25) is 4.98 Å². The van der Waals surface area contributed by atoms with E-state index in [0.717, 1.165) is 24.0 Å². The minimum atomic E-state index is -3.32. The molecule has 7 heteroatoms. The minimum Gasteiger partial charge on any atom is -0.317 e. The second kappa shape index (κ2) is 8.60. The van der Waals surface area contributed by atoms with Gasteiger partial charge in [-0.2, -0.15) is 9.57 Å². The number of nitriles is 1. The normalized spacial score (nSPS) is 14.3. The van der Waals surface area contributed by atoms with E-state index in [2.05, 4.69) is 4.98 Å². The maximum atomic E-state index is 12.4. The fourth-order valence-corrected chi connectivity index (χ4v) is 3.95. The summed E-state index contributed by atoms with van der Waals surface area (Å²) in [5, 5.41) is 7.82. The van der Waals surface area contributed by atoms with E-state index in [1.807, 2.05) is 30.5 Å². The summed E-state index contributed by atoms with van der Waals surface area (Å²) in [6, 6.07) is 10.8. The molecular formula is C18H22N4O2S. The van der Waals surface area contributed by atoms with Gasteiger partial charge in [-0.25, -0.2) is 8.42 Å². The van der Waals surface area contributed by atoms with Gasteiger partial charge in [0.05, 0.1) is 4.90 Å². The maximum Gasteiger partial charge on any atom is 0.243 e. The van der Waals surface area contributed by atoms with E-state index in [1.165, 1.54) is 4.90 Å². The van der Waals surface area contributed by atoms with E-state index in [1.54, 1.807) is 42.9 Å². The molecule has 1 aliphatic rings. The number of rotatable bonds is 3. The van der Waals surface area contributed by atoms with Crippen LogP contribution in [0, 0.1) is 11.5 Å². The summed E-state index contributed by atoms with van der Waals surface area (Å²) in [6.07, 6.45) is 7.25. The first-order valence-corrected chi connectivity index (χ1v) is 9.47. The number of aromatic nitrogens is 1. The van der Waals surface area contributed by atoms with Crippen molar-refractivity contribution in [3.8, 4) is 17.3 Å². The molecule has 0 N–H and O–H groups in total. The molecule has 2 aromatic rings. The van der Waals surface area contributed by atoms with Crippen molar-refractivity contribution in [3.05, 3.63) is 48.8 Å². The maximum absolute atomic E-state index is 12.4. The lowest BCUT2D eigenvalue weighted by molar-refractivity contribution is 0.477. The topological polar surface area (TPSA) is 77.3 Å². The lowest BCUT2D eigenvalue weighted by Crippen LogP contribution is -2.27. The molecule has 1 aliphatic heterocycles. The van der Waals surface area contributed by atoms with Crippen LogP contribution in [0.15, 0.2) is 53.7 Å². The largest absolute Gasteiger partial charge is 0.317 e. The van der Waals surface area contributed by atoms with Gasteiger partial charge in [-0.15, -0.1) is 0 Å². The van der Waals surface area contributed by atoms with Crippen LogP contribution < -0.4 is 0 Å². The predicted molar refractivity (Wildman–Crippen MR) is 97.0 cm³/mol. The SMILES string of the molecule is CN(C)C#N.O=S(=O)(c1ccc(-c2cccnc2)cc1)N1CCCC1. The van der Waals surface area contributed by atoms with Crippen LogP contribution in [0.25, 0.3) is 11.1 Å². The fraction of sp³-hybridized carbons (Fsp3) is 0.333. The Labute approximate surface area is 149 Å². The van der Waals surface area contributed by atoms with Gasteiger partial charge in [0, 0.05) is 39.6 Å². The van der Waals surface area contributed by atoms with Crippen LogP contribution in [0.1, 0.15) is 12.8 Å². The van der Waals surface area contributed by atoms with E-state index in [-0.39, 0.29) is 0 Å². The first-order chi connectivity index (χ1) is 11.9. The summed E-state index contributed by atoms with van der Waals surface area (Å²) in [4.78, 5) is 5.87. The third-order valence-electron chi connectivity index (χ3n) is 3.75. The number of nitrogens with zero attached hydrogens (tertiary/aromatic N) is 4. The molecule has 0 bridgehead atoms. The van der Waals surface area contributed by atoms with Crippen LogP contribution in [0.5, 0.6) is 0 Å². The predicted octanol–water partition coefficient (Wildman–Crippen LogP) is 2.56. The highest BCUT2D eigenvalue weighted by atomic mass is 32.2. The first kappa shape index (κ1) is 18.9. The van der Waals surface area contributed by atoms with Crippen LogP contribution in [0.4, 0.5) is 0 Å². The van der Waals surface area contributed by atoms with Crippen LogP contribution in [0.2, 0.25) is 0 Å². The second-order valence-corrected chi connectivity index (χ2v) is 7.81. The molecule has 0 radical (unpaired) electrons. The van der Waals surface area contributed by atoms with E-state index < -0.39 is 10.0 Å². The molecule has 3 rings (SSSR count). The van der Waals surface area contributed by atoms with Crippen molar-refractivity contribution in [1.29, 1.82) is 5.26 Å². The monoisotopic (exact) mass is 358 g/mol. The van der Waals surface area contributed by atoms with Crippen LogP contribution in [0.3, 0.4) is 0 Å². The molecule has 25 heavy (non-hydrogen) atoms. The van der Waals surface area contributed by atoms with Crippen molar-refractivity contribution in [2.75, 3.05) is 27.2 Å². The molecule has 1 saturated heterocycles. The Balaban J connectivity index is 0.000000399. The van der Waals surface area contributed by atoms with E-state index in [4.69, 9.17) is 5.26 Å². The average molecular weight is 358 g/mol. The Morgan fingerprint density at radius 2 is 1.68 bits per heavy atom. The Morgan fingerprint density at radius 1 is 1.08 bits per heavy atom. The van der Waals surface area contributed by atoms with Gasteiger partial charge >= 0.3 is 0 Å². The number of hydrogen-bond acceptors (Lipinski definition) is 5. The smallest absolute Gasteiger partial charge is 0.243 e. The molecule has 0 aliphatic carbocycles. The molecule has 6 nitrogen and oxygen atoms in total. The van der Waals surface area contributed by atoms with Crippen LogP contribution in [-0.2, 0) is 10.0 Å². The standard InChI is InChI=1S/C15H16N2O2S.C3H6N2/c18-20(19,17-10-1-2-11-17)15-7-5-13(6-8-15)14-4-3-9-16-12-14;1-5(2)3-4/h3-9,12H,1-2,10-11H2;1-2H3. The van der Waals surface area contributed by atoms with Crippen molar-refractivity contribution < 1.29 is 8.42 Å². The van der Waals surface area contributed by atoms with Gasteiger partial charge in [0.15, 0.2) is 6.19 Å². The van der Waals surface area contributed by atoms with Gasteiger partial charge < -0.3 is 4.90 Å². The molecule has 2 heterocycles. The Morgan fingerprint density at radius 3 is 2.16 bits per heavy atom. The minimum absolute atomic E-state index is 0.368. The lowest BCUT2D eigenvalue weighted by atomic mass is 10.1. The molecule has 1 aromatic heterocycles. The second-order valence-electron chi connectivity index (χ2n) is 5.87. The quantitative estimate of drug-likeness (QED) is 0.622. The molecule has 132 valence electrons. The van der Waals surface area contributed by atoms with Gasteiger partial charge in [-0.05, 0) is 42.2 Å². The zero-order valence-corrected chi connectivity index (χ0v) is 15.3.